The molecular weight excluding hydrogens is 606 g/mol. The fourth-order valence-corrected chi connectivity index (χ4v) is 6.34. The molecule has 2 aliphatic rings. The molecule has 0 radical (unpaired) electrons. The number of primary amides is 1. The van der Waals surface area contributed by atoms with Gasteiger partial charge in [-0.1, -0.05) is 60.7 Å². The van der Waals surface area contributed by atoms with Gasteiger partial charge >= 0.3 is 24.4 Å². The van der Waals surface area contributed by atoms with E-state index in [-0.39, 0.29) is 24.1 Å². The molecule has 45 heavy (non-hydrogen) atoms. The number of nitrogens with two attached hydrogens (primary N) is 2. The maximum absolute atomic E-state index is 13.4. The van der Waals surface area contributed by atoms with Gasteiger partial charge in [0.25, 0.3) is 0 Å². The van der Waals surface area contributed by atoms with Crippen molar-refractivity contribution in [2.45, 2.75) is 62.5 Å². The molecule has 0 spiro atoms. The summed E-state index contributed by atoms with van der Waals surface area (Å²) in [6, 6.07) is 19.1. The monoisotopic (exact) mass is 638 g/mol. The number of fused-ring (bicyclic) bond motifs is 2. The summed E-state index contributed by atoms with van der Waals surface area (Å²) in [6.07, 6.45) is -9.55. The number of hydrazine groups is 1. The number of piperidine rings is 1. The van der Waals surface area contributed by atoms with Gasteiger partial charge in [0.1, 0.15) is 0 Å². The summed E-state index contributed by atoms with van der Waals surface area (Å²) < 4.78 is 86.9. The lowest BCUT2D eigenvalue weighted by molar-refractivity contribution is -0.144. The van der Waals surface area contributed by atoms with Gasteiger partial charge in [0, 0.05) is 12.6 Å². The topological polar surface area (TPSA) is 131 Å². The van der Waals surface area contributed by atoms with Crippen molar-refractivity contribution < 1.29 is 45.8 Å². The summed E-state index contributed by atoms with van der Waals surface area (Å²) in [7, 11) is 0. The summed E-state index contributed by atoms with van der Waals surface area (Å²) in [5.41, 5.74) is 3.82. The van der Waals surface area contributed by atoms with Gasteiger partial charge in [-0.3, -0.25) is 15.1 Å². The van der Waals surface area contributed by atoms with Gasteiger partial charge in [0.15, 0.2) is 0 Å². The van der Waals surface area contributed by atoms with Crippen LogP contribution in [0.1, 0.15) is 47.1 Å². The average Bonchev–Trinajstić information content (AvgIpc) is 3.21. The number of aliphatic carboxylic acids is 1. The number of carbonyl (C=O) groups is 2. The summed E-state index contributed by atoms with van der Waals surface area (Å²) in [6.45, 7) is -0.0837. The molecule has 4 unspecified atom stereocenters. The Hall–Kier alpha value is -4.14. The number of benzene rings is 3. The van der Waals surface area contributed by atoms with Crippen LogP contribution in [0.2, 0.25) is 0 Å². The summed E-state index contributed by atoms with van der Waals surface area (Å²) in [4.78, 5) is 23.8. The number of carboxylic acid groups (broad SMARTS) is 1. The van der Waals surface area contributed by atoms with Crippen LogP contribution in [-0.2, 0) is 40.6 Å². The normalized spacial score (nSPS) is 23.1. The minimum absolute atomic E-state index is 0.0934. The molecule has 0 aliphatic carbocycles. The molecule has 5 rings (SSSR count). The number of amides is 2. The lowest BCUT2D eigenvalue weighted by atomic mass is 9.78. The fourth-order valence-electron chi connectivity index (χ4n) is 6.34. The lowest BCUT2D eigenvalue weighted by Crippen LogP contribution is -2.56. The van der Waals surface area contributed by atoms with Crippen molar-refractivity contribution in [2.75, 3.05) is 0 Å². The highest BCUT2D eigenvalue weighted by Crippen LogP contribution is 2.55. The van der Waals surface area contributed by atoms with Crippen LogP contribution in [0.3, 0.4) is 0 Å². The van der Waals surface area contributed by atoms with Crippen LogP contribution in [-0.4, -0.2) is 34.2 Å². The lowest BCUT2D eigenvalue weighted by Gasteiger charge is -2.50. The number of carbonyl (C=O) groups excluding carboxylic acids is 1. The Morgan fingerprint density at radius 3 is 1.91 bits per heavy atom. The minimum Gasteiger partial charge on any atom is -0.481 e. The van der Waals surface area contributed by atoms with E-state index in [0.717, 1.165) is 11.1 Å². The first-order valence-corrected chi connectivity index (χ1v) is 13.9. The zero-order valence-electron chi connectivity index (χ0n) is 23.8. The van der Waals surface area contributed by atoms with Crippen LogP contribution in [0.4, 0.5) is 31.1 Å². The second-order valence-electron chi connectivity index (χ2n) is 10.9. The molecule has 0 saturated carbocycles. The molecule has 2 amide bonds. The molecule has 2 fully saturated rings. The number of urea groups is 1. The van der Waals surface area contributed by atoms with Crippen molar-refractivity contribution in [1.29, 1.82) is 0 Å². The number of nitrogens with zero attached hydrogens (tertiary/aromatic N) is 1. The van der Waals surface area contributed by atoms with Crippen molar-refractivity contribution in [3.05, 3.63) is 107 Å². The van der Waals surface area contributed by atoms with E-state index in [1.165, 1.54) is 0 Å². The molecular formula is C31H32F6N4O4. The van der Waals surface area contributed by atoms with E-state index in [9.17, 15) is 41.0 Å². The largest absolute Gasteiger partial charge is 0.481 e. The molecule has 3 aromatic rings. The Morgan fingerprint density at radius 1 is 0.889 bits per heavy atom. The predicted octanol–water partition coefficient (Wildman–Crippen LogP) is 5.80. The first kappa shape index (κ1) is 33.7. The van der Waals surface area contributed by atoms with E-state index >= 15 is 0 Å². The van der Waals surface area contributed by atoms with Gasteiger partial charge in [0.05, 0.1) is 35.3 Å². The van der Waals surface area contributed by atoms with Crippen molar-refractivity contribution in [2.24, 2.45) is 17.5 Å². The Kier molecular flexibility index (Phi) is 10.1. The molecule has 242 valence electrons. The SMILES string of the molecule is NNC(N)=O.O=C(O)C1CC2(c3ccccc3)C(OCc3cc(C(F)(F)F)cc(C(F)(F)F)c3)CCC1N2Cc1ccccc1. The maximum Gasteiger partial charge on any atom is 0.416 e. The van der Waals surface area contributed by atoms with Gasteiger partial charge in [-0.15, -0.1) is 0 Å². The molecule has 4 atom stereocenters. The maximum atomic E-state index is 13.4. The molecule has 2 aliphatic heterocycles. The van der Waals surface area contributed by atoms with E-state index < -0.39 is 59.6 Å². The molecule has 2 heterocycles. The molecule has 3 aromatic carbocycles. The predicted molar refractivity (Wildman–Crippen MR) is 151 cm³/mol. The number of hydrogen-bond donors (Lipinski definition) is 4. The molecule has 14 heteroatoms. The molecule has 8 nitrogen and oxygen atoms in total. The van der Waals surface area contributed by atoms with Crippen molar-refractivity contribution >= 4 is 12.0 Å². The summed E-state index contributed by atoms with van der Waals surface area (Å²) in [5, 5.41) is 10.1. The van der Waals surface area contributed by atoms with E-state index in [1.54, 1.807) is 5.43 Å². The number of hydrogen-bond acceptors (Lipinski definition) is 5. The quantitative estimate of drug-likeness (QED) is 0.112. The summed E-state index contributed by atoms with van der Waals surface area (Å²) >= 11 is 0. The Morgan fingerprint density at radius 2 is 1.42 bits per heavy atom. The highest BCUT2D eigenvalue weighted by Gasteiger charge is 2.61. The first-order chi connectivity index (χ1) is 21.2. The second-order valence-corrected chi connectivity index (χ2v) is 10.9. The Labute approximate surface area is 254 Å². The van der Waals surface area contributed by atoms with E-state index in [1.807, 2.05) is 60.7 Å². The minimum atomic E-state index is -4.97. The highest BCUT2D eigenvalue weighted by atomic mass is 19.4. The standard InChI is InChI=1S/C30H27F6NO3.CH5N3O/c31-29(32,33)22-13-20(14-23(15-22)30(34,35)36)18-40-26-12-11-25-24(27(38)39)16-28(26,21-9-5-2-6-10-21)37(25)17-19-7-3-1-4-8-19;2-1(5)4-3/h1-10,13-15,24-26H,11-12,16-18H2,(H,38,39);3H2,(H3,2,4,5). The van der Waals surface area contributed by atoms with Crippen LogP contribution >= 0.6 is 0 Å². The molecule has 2 saturated heterocycles. The number of nitrogens with one attached hydrogen (secondary N) is 1. The number of alkyl halides is 6. The van der Waals surface area contributed by atoms with Crippen molar-refractivity contribution in [3.63, 3.8) is 0 Å². The van der Waals surface area contributed by atoms with E-state index in [0.29, 0.717) is 31.5 Å². The Balaban J connectivity index is 0.000000854. The number of rotatable bonds is 7. The van der Waals surface area contributed by atoms with Gasteiger partial charge < -0.3 is 15.6 Å². The second kappa shape index (κ2) is 13.5. The van der Waals surface area contributed by atoms with E-state index in [2.05, 4.69) is 16.5 Å². The fraction of sp³-hybridized carbons (Fsp3) is 0.355. The van der Waals surface area contributed by atoms with Crippen LogP contribution < -0.4 is 17.0 Å². The van der Waals surface area contributed by atoms with Gasteiger partial charge in [-0.2, -0.15) is 26.3 Å². The highest BCUT2D eigenvalue weighted by molar-refractivity contribution is 5.72. The molecule has 6 N–H and O–H groups in total. The van der Waals surface area contributed by atoms with Crippen LogP contribution in [0.25, 0.3) is 0 Å². The Bertz CT molecular complexity index is 1440. The third-order valence-electron chi connectivity index (χ3n) is 8.19. The number of carboxylic acids is 1. The van der Waals surface area contributed by atoms with Crippen molar-refractivity contribution in [1.82, 2.24) is 10.3 Å². The van der Waals surface area contributed by atoms with Gasteiger partial charge in [0.2, 0.25) is 0 Å². The first-order valence-electron chi connectivity index (χ1n) is 13.9. The van der Waals surface area contributed by atoms with Gasteiger partial charge in [-0.05, 0) is 54.2 Å². The third-order valence-corrected chi connectivity index (χ3v) is 8.19. The van der Waals surface area contributed by atoms with Crippen molar-refractivity contribution in [3.8, 4) is 0 Å². The van der Waals surface area contributed by atoms with Crippen LogP contribution in [0.5, 0.6) is 0 Å². The van der Waals surface area contributed by atoms with Crippen LogP contribution in [0.15, 0.2) is 78.9 Å². The molecule has 2 bridgehead atoms. The third kappa shape index (κ3) is 7.57. The number of halogens is 6. The van der Waals surface area contributed by atoms with E-state index in [4.69, 9.17) is 4.74 Å². The summed E-state index contributed by atoms with van der Waals surface area (Å²) in [5.74, 6) is 2.78. The molecule has 0 aromatic heterocycles. The van der Waals surface area contributed by atoms with Crippen LogP contribution in [0, 0.1) is 5.92 Å². The smallest absolute Gasteiger partial charge is 0.416 e. The average molecular weight is 639 g/mol. The van der Waals surface area contributed by atoms with Gasteiger partial charge in [-0.25, -0.2) is 10.6 Å². The number of ether oxygens (including phenoxy) is 1. The zero-order chi connectivity index (χ0) is 33.0. The zero-order valence-corrected chi connectivity index (χ0v) is 23.8.